The highest BCUT2D eigenvalue weighted by Gasteiger charge is 2.35. The summed E-state index contributed by atoms with van der Waals surface area (Å²) < 4.78 is 47.8. The van der Waals surface area contributed by atoms with Crippen molar-refractivity contribution in [1.82, 2.24) is 15.1 Å². The third kappa shape index (κ3) is 3.83. The number of hydrogen-bond donors (Lipinski definition) is 1. The smallest absolute Gasteiger partial charge is 0.417 e. The lowest BCUT2D eigenvalue weighted by atomic mass is 9.96. The normalized spacial score (nSPS) is 15.7. The predicted molar refractivity (Wildman–Crippen MR) is 101 cm³/mol. The van der Waals surface area contributed by atoms with Gasteiger partial charge in [-0.15, -0.1) is 0 Å². The zero-order valence-electron chi connectivity index (χ0n) is 15.5. The summed E-state index contributed by atoms with van der Waals surface area (Å²) in [5, 5.41) is 6.80. The molecule has 0 aliphatic carbocycles. The number of carbonyl (C=O) groups excluding carboxylic acids is 1. The molecule has 1 N–H and O–H groups in total. The largest absolute Gasteiger partial charge is 0.487 e. The Bertz CT molecular complexity index is 1060. The molecule has 4 rings (SSSR count). The van der Waals surface area contributed by atoms with Crippen LogP contribution >= 0.6 is 0 Å². The summed E-state index contributed by atoms with van der Waals surface area (Å²) in [4.78, 5) is 12.2. The first-order valence-electron chi connectivity index (χ1n) is 9.06. The molecular weight excluding hydrogens is 383 g/mol. The quantitative estimate of drug-likeness (QED) is 0.723. The van der Waals surface area contributed by atoms with Gasteiger partial charge in [0.25, 0.3) is 5.91 Å². The van der Waals surface area contributed by atoms with Crippen molar-refractivity contribution in [2.24, 2.45) is 7.05 Å². The average Bonchev–Trinajstić information content (AvgIpc) is 3.31. The molecule has 1 aliphatic heterocycles. The second kappa shape index (κ2) is 7.27. The molecule has 0 saturated heterocycles. The maximum Gasteiger partial charge on any atom is 0.417 e. The van der Waals surface area contributed by atoms with Gasteiger partial charge in [-0.05, 0) is 23.3 Å². The molecular formula is C21H18F3N3O2. The molecule has 1 amide bonds. The van der Waals surface area contributed by atoms with Crippen molar-refractivity contribution in [3.63, 3.8) is 0 Å². The number of ether oxygens (including phenoxy) is 1. The number of aromatic nitrogens is 2. The second-order valence-electron chi connectivity index (χ2n) is 6.87. The molecule has 150 valence electrons. The fourth-order valence-electron chi connectivity index (χ4n) is 3.46. The van der Waals surface area contributed by atoms with Crippen LogP contribution in [-0.2, 0) is 19.6 Å². The molecule has 0 saturated carbocycles. The first kappa shape index (κ1) is 19.0. The highest BCUT2D eigenvalue weighted by molar-refractivity contribution is 5.92. The molecule has 2 heterocycles. The van der Waals surface area contributed by atoms with E-state index in [4.69, 9.17) is 4.74 Å². The van der Waals surface area contributed by atoms with Crippen molar-refractivity contribution < 1.29 is 22.7 Å². The maximum atomic E-state index is 13.4. The third-order valence-corrected chi connectivity index (χ3v) is 4.79. The van der Waals surface area contributed by atoms with E-state index in [1.165, 1.54) is 16.8 Å². The number of halogens is 3. The fourth-order valence-corrected chi connectivity index (χ4v) is 3.46. The van der Waals surface area contributed by atoms with Gasteiger partial charge < -0.3 is 10.1 Å². The molecule has 5 nitrogen and oxygen atoms in total. The molecule has 0 unspecified atom stereocenters. The van der Waals surface area contributed by atoms with Crippen LogP contribution < -0.4 is 10.1 Å². The van der Waals surface area contributed by atoms with Crippen LogP contribution in [-0.4, -0.2) is 28.3 Å². The Labute approximate surface area is 165 Å². The van der Waals surface area contributed by atoms with E-state index in [0.29, 0.717) is 23.4 Å². The molecule has 3 aromatic rings. The summed E-state index contributed by atoms with van der Waals surface area (Å²) in [6, 6.07) is 12.2. The Morgan fingerprint density at radius 1 is 1.17 bits per heavy atom. The maximum absolute atomic E-state index is 13.4. The molecule has 2 aromatic carbocycles. The first-order chi connectivity index (χ1) is 13.8. The van der Waals surface area contributed by atoms with Crippen LogP contribution in [0.4, 0.5) is 13.2 Å². The Balaban J connectivity index is 1.54. The Morgan fingerprint density at radius 2 is 1.93 bits per heavy atom. The van der Waals surface area contributed by atoms with Gasteiger partial charge >= 0.3 is 6.18 Å². The third-order valence-electron chi connectivity index (χ3n) is 4.79. The van der Waals surface area contributed by atoms with Gasteiger partial charge in [0.05, 0.1) is 12.1 Å². The van der Waals surface area contributed by atoms with Gasteiger partial charge in [0.15, 0.2) is 0 Å². The number of rotatable bonds is 4. The molecule has 1 aliphatic rings. The minimum atomic E-state index is -4.46. The summed E-state index contributed by atoms with van der Waals surface area (Å²) in [6.07, 6.45) is -2.66. The number of para-hydroxylation sites is 1. The number of amides is 1. The average molecular weight is 401 g/mol. The van der Waals surface area contributed by atoms with E-state index in [1.807, 2.05) is 6.07 Å². The highest BCUT2D eigenvalue weighted by atomic mass is 19.4. The molecule has 29 heavy (non-hydrogen) atoms. The van der Waals surface area contributed by atoms with Crippen LogP contribution in [0.5, 0.6) is 5.75 Å². The molecule has 0 radical (unpaired) electrons. The number of nitrogens with one attached hydrogen (secondary N) is 1. The van der Waals surface area contributed by atoms with Gasteiger partial charge in [0.2, 0.25) is 0 Å². The number of alkyl halides is 3. The van der Waals surface area contributed by atoms with Crippen molar-refractivity contribution >= 4 is 5.91 Å². The van der Waals surface area contributed by atoms with E-state index >= 15 is 0 Å². The Kier molecular flexibility index (Phi) is 4.77. The standard InChI is InChI=1S/C21H18F3N3O2/c1-27-10-9-18(26-27)20(28)25-12-14-11-13-5-4-7-16(19(13)29-14)15-6-2-3-8-17(15)21(22,23)24/h2-10,14H,11-12H2,1H3,(H,25,28)/t14-/m1/s1. The summed E-state index contributed by atoms with van der Waals surface area (Å²) >= 11 is 0. The summed E-state index contributed by atoms with van der Waals surface area (Å²) in [5.74, 6) is 0.106. The topological polar surface area (TPSA) is 56.2 Å². The number of aryl methyl sites for hydroxylation is 1. The van der Waals surface area contributed by atoms with Gasteiger partial charge in [0.1, 0.15) is 17.5 Å². The van der Waals surface area contributed by atoms with E-state index in [2.05, 4.69) is 10.4 Å². The van der Waals surface area contributed by atoms with Crippen molar-refractivity contribution in [3.8, 4) is 16.9 Å². The van der Waals surface area contributed by atoms with Crippen LogP contribution in [0.25, 0.3) is 11.1 Å². The zero-order chi connectivity index (χ0) is 20.6. The zero-order valence-corrected chi connectivity index (χ0v) is 15.5. The van der Waals surface area contributed by atoms with E-state index in [-0.39, 0.29) is 24.1 Å². The highest BCUT2D eigenvalue weighted by Crippen LogP contribution is 2.43. The fraction of sp³-hybridized carbons (Fsp3) is 0.238. The van der Waals surface area contributed by atoms with Gasteiger partial charge in [-0.1, -0.05) is 36.4 Å². The number of benzene rings is 2. The molecule has 1 aromatic heterocycles. The van der Waals surface area contributed by atoms with E-state index in [1.54, 1.807) is 37.5 Å². The van der Waals surface area contributed by atoms with Crippen LogP contribution in [0.1, 0.15) is 21.6 Å². The van der Waals surface area contributed by atoms with Gasteiger partial charge in [0, 0.05) is 25.2 Å². The number of hydrogen-bond acceptors (Lipinski definition) is 3. The monoisotopic (exact) mass is 401 g/mol. The van der Waals surface area contributed by atoms with Crippen molar-refractivity contribution in [3.05, 3.63) is 71.5 Å². The van der Waals surface area contributed by atoms with Crippen LogP contribution in [0.2, 0.25) is 0 Å². The number of carbonyl (C=O) groups is 1. The minimum absolute atomic E-state index is 0.0787. The van der Waals surface area contributed by atoms with Gasteiger partial charge in [-0.2, -0.15) is 18.3 Å². The lowest BCUT2D eigenvalue weighted by Gasteiger charge is -2.16. The van der Waals surface area contributed by atoms with Gasteiger partial charge in [-0.3, -0.25) is 9.48 Å². The lowest BCUT2D eigenvalue weighted by molar-refractivity contribution is -0.137. The van der Waals surface area contributed by atoms with Crippen LogP contribution in [0.15, 0.2) is 54.7 Å². The minimum Gasteiger partial charge on any atom is -0.487 e. The molecule has 0 fully saturated rings. The molecule has 0 bridgehead atoms. The number of nitrogens with zero attached hydrogens (tertiary/aromatic N) is 2. The first-order valence-corrected chi connectivity index (χ1v) is 9.06. The van der Waals surface area contributed by atoms with E-state index in [0.717, 1.165) is 11.6 Å². The van der Waals surface area contributed by atoms with E-state index in [9.17, 15) is 18.0 Å². The summed E-state index contributed by atoms with van der Waals surface area (Å²) in [7, 11) is 1.72. The second-order valence-corrected chi connectivity index (χ2v) is 6.87. The number of fused-ring (bicyclic) bond motifs is 1. The van der Waals surface area contributed by atoms with Crippen LogP contribution in [0.3, 0.4) is 0 Å². The van der Waals surface area contributed by atoms with E-state index < -0.39 is 11.7 Å². The van der Waals surface area contributed by atoms with Crippen molar-refractivity contribution in [1.29, 1.82) is 0 Å². The lowest BCUT2D eigenvalue weighted by Crippen LogP contribution is -2.34. The molecule has 0 spiro atoms. The van der Waals surface area contributed by atoms with Crippen molar-refractivity contribution in [2.75, 3.05) is 6.54 Å². The SMILES string of the molecule is Cn1ccc(C(=O)NC[C@H]2Cc3cccc(-c4ccccc4C(F)(F)F)c3O2)n1. The molecule has 1 atom stereocenters. The van der Waals surface area contributed by atoms with Crippen molar-refractivity contribution in [2.45, 2.75) is 18.7 Å². The Morgan fingerprint density at radius 3 is 2.66 bits per heavy atom. The molecule has 8 heteroatoms. The summed E-state index contributed by atoms with van der Waals surface area (Å²) in [6.45, 7) is 0.227. The van der Waals surface area contributed by atoms with Gasteiger partial charge in [-0.25, -0.2) is 0 Å². The summed E-state index contributed by atoms with van der Waals surface area (Å²) in [5.41, 5.74) is 0.882. The van der Waals surface area contributed by atoms with Crippen LogP contribution in [0, 0.1) is 0 Å². The predicted octanol–water partition coefficient (Wildman–Crippen LogP) is 3.84. The Hall–Kier alpha value is -3.29.